The first-order valence-corrected chi connectivity index (χ1v) is 14.3. The van der Waals surface area contributed by atoms with E-state index in [1.54, 1.807) is 6.20 Å². The average Bonchev–Trinajstić information content (AvgIpc) is 3.12. The molecule has 1 aliphatic carbocycles. The topological polar surface area (TPSA) is 65.5 Å². The van der Waals surface area contributed by atoms with Crippen molar-refractivity contribution in [1.29, 1.82) is 0 Å². The number of fused-ring (bicyclic) bond motifs is 1. The van der Waals surface area contributed by atoms with Crippen molar-refractivity contribution in [1.82, 2.24) is 24.8 Å². The Hall–Kier alpha value is -2.68. The van der Waals surface area contributed by atoms with Crippen LogP contribution >= 0.6 is 23.4 Å². The van der Waals surface area contributed by atoms with Crippen molar-refractivity contribution in [2.24, 2.45) is 0 Å². The van der Waals surface area contributed by atoms with Gasteiger partial charge >= 0.3 is 0 Å². The number of carbonyl (C=O) groups excluding carboxylic acids is 1. The van der Waals surface area contributed by atoms with E-state index in [-0.39, 0.29) is 5.91 Å². The van der Waals surface area contributed by atoms with Gasteiger partial charge in [-0.1, -0.05) is 29.8 Å². The van der Waals surface area contributed by atoms with Crippen LogP contribution in [0.2, 0.25) is 5.02 Å². The van der Waals surface area contributed by atoms with Gasteiger partial charge in [-0.2, -0.15) is 0 Å². The molecule has 192 valence electrons. The molecule has 7 nitrogen and oxygen atoms in total. The average molecular weight is 535 g/mol. The minimum absolute atomic E-state index is 0.0117. The Balaban J connectivity index is 1.12. The highest BCUT2D eigenvalue weighted by atomic mass is 35.5. The Morgan fingerprint density at radius 2 is 1.73 bits per heavy atom. The van der Waals surface area contributed by atoms with Crippen molar-refractivity contribution in [3.63, 3.8) is 0 Å². The highest BCUT2D eigenvalue weighted by Gasteiger charge is 2.29. The second-order valence-electron chi connectivity index (χ2n) is 9.95. The maximum absolute atomic E-state index is 13.6. The third-order valence-electron chi connectivity index (χ3n) is 7.72. The number of nitrogens with zero attached hydrogens (tertiary/aromatic N) is 6. The number of amides is 1. The summed E-state index contributed by atoms with van der Waals surface area (Å²) >= 11 is 7.51. The zero-order valence-electron chi connectivity index (χ0n) is 20.9. The van der Waals surface area contributed by atoms with Crippen LogP contribution in [0.1, 0.15) is 40.9 Å². The standard InChI is InChI=1S/C28H31ClN6OS/c29-21-6-8-23(9-7-21)37-26-24(5-2-12-30-26)27(36)34-13-10-20-19-31-28(32-25(20)11-14-34)35-17-15-33(16-18-35)22-3-1-4-22/h2,5-9,12,19,22H,1,3-4,10-11,13-18H2. The Morgan fingerprint density at radius 3 is 2.49 bits per heavy atom. The van der Waals surface area contributed by atoms with Gasteiger partial charge in [0.2, 0.25) is 5.95 Å². The molecule has 0 N–H and O–H groups in total. The summed E-state index contributed by atoms with van der Waals surface area (Å²) in [6.07, 6.45) is 9.29. The minimum Gasteiger partial charge on any atom is -0.338 e. The summed E-state index contributed by atoms with van der Waals surface area (Å²) in [5, 5.41) is 1.40. The molecule has 0 atom stereocenters. The summed E-state index contributed by atoms with van der Waals surface area (Å²) in [7, 11) is 0. The molecule has 0 bridgehead atoms. The smallest absolute Gasteiger partial charge is 0.256 e. The predicted molar refractivity (Wildman–Crippen MR) is 147 cm³/mol. The minimum atomic E-state index is 0.0117. The van der Waals surface area contributed by atoms with Crippen molar-refractivity contribution in [2.45, 2.75) is 48.1 Å². The lowest BCUT2D eigenvalue weighted by atomic mass is 9.91. The Bertz CT molecular complexity index is 1260. The summed E-state index contributed by atoms with van der Waals surface area (Å²) in [4.78, 5) is 35.7. The van der Waals surface area contributed by atoms with Crippen molar-refractivity contribution >= 4 is 35.2 Å². The molecule has 0 spiro atoms. The number of rotatable bonds is 5. The number of hydrogen-bond acceptors (Lipinski definition) is 7. The number of benzene rings is 1. The summed E-state index contributed by atoms with van der Waals surface area (Å²) in [5.41, 5.74) is 2.85. The normalized spacial score (nSPS) is 18.7. The maximum atomic E-state index is 13.6. The molecule has 3 aromatic rings. The molecule has 2 aliphatic heterocycles. The van der Waals surface area contributed by atoms with E-state index in [1.807, 2.05) is 47.5 Å². The van der Waals surface area contributed by atoms with E-state index in [4.69, 9.17) is 21.6 Å². The van der Waals surface area contributed by atoms with E-state index < -0.39 is 0 Å². The van der Waals surface area contributed by atoms with Crippen LogP contribution in [0.5, 0.6) is 0 Å². The first-order chi connectivity index (χ1) is 18.1. The van der Waals surface area contributed by atoms with Gasteiger partial charge in [0.15, 0.2) is 0 Å². The Kier molecular flexibility index (Phi) is 7.31. The van der Waals surface area contributed by atoms with Crippen LogP contribution in [-0.2, 0) is 12.8 Å². The van der Waals surface area contributed by atoms with Gasteiger partial charge in [-0.3, -0.25) is 9.69 Å². The van der Waals surface area contributed by atoms with E-state index in [2.05, 4.69) is 14.8 Å². The number of carbonyl (C=O) groups is 1. The van der Waals surface area contributed by atoms with E-state index in [9.17, 15) is 4.79 Å². The van der Waals surface area contributed by atoms with Crippen LogP contribution in [0.4, 0.5) is 5.95 Å². The molecule has 37 heavy (non-hydrogen) atoms. The van der Waals surface area contributed by atoms with Crippen LogP contribution in [0.25, 0.3) is 0 Å². The van der Waals surface area contributed by atoms with Gasteiger partial charge in [-0.25, -0.2) is 15.0 Å². The largest absolute Gasteiger partial charge is 0.338 e. The van der Waals surface area contributed by atoms with Gasteiger partial charge in [0, 0.05) is 74.0 Å². The molecule has 1 saturated heterocycles. The quantitative estimate of drug-likeness (QED) is 0.474. The van der Waals surface area contributed by atoms with E-state index in [1.165, 1.54) is 31.0 Å². The molecule has 2 fully saturated rings. The molecule has 1 saturated carbocycles. The lowest BCUT2D eigenvalue weighted by molar-refractivity contribution is 0.0758. The van der Waals surface area contributed by atoms with Crippen molar-refractivity contribution < 1.29 is 4.79 Å². The summed E-state index contributed by atoms with van der Waals surface area (Å²) in [5.74, 6) is 0.846. The summed E-state index contributed by atoms with van der Waals surface area (Å²) in [6.45, 7) is 5.43. The molecule has 0 unspecified atom stereocenters. The molecule has 9 heteroatoms. The van der Waals surface area contributed by atoms with Crippen molar-refractivity contribution in [3.05, 3.63) is 70.6 Å². The Morgan fingerprint density at radius 1 is 0.946 bits per heavy atom. The van der Waals surface area contributed by atoms with Gasteiger partial charge in [-0.05, 0) is 61.2 Å². The third kappa shape index (κ3) is 5.47. The fraction of sp³-hybridized carbons (Fsp3) is 0.429. The lowest BCUT2D eigenvalue weighted by Crippen LogP contribution is -2.52. The summed E-state index contributed by atoms with van der Waals surface area (Å²) < 4.78 is 0. The molecule has 6 rings (SSSR count). The van der Waals surface area contributed by atoms with Gasteiger partial charge in [0.25, 0.3) is 5.91 Å². The van der Waals surface area contributed by atoms with Gasteiger partial charge < -0.3 is 9.80 Å². The van der Waals surface area contributed by atoms with Gasteiger partial charge in [0.05, 0.1) is 11.3 Å². The van der Waals surface area contributed by atoms with Crippen LogP contribution in [-0.4, -0.2) is 76.0 Å². The van der Waals surface area contributed by atoms with Gasteiger partial charge in [-0.15, -0.1) is 0 Å². The number of pyridine rings is 1. The lowest BCUT2D eigenvalue weighted by Gasteiger charge is -2.43. The molecule has 4 heterocycles. The molecule has 1 aromatic carbocycles. The highest BCUT2D eigenvalue weighted by Crippen LogP contribution is 2.31. The SMILES string of the molecule is O=C(c1cccnc1Sc1ccc(Cl)cc1)N1CCc2cnc(N3CCN(C4CCC4)CC3)nc2CC1. The Labute approximate surface area is 227 Å². The molecule has 3 aliphatic rings. The zero-order chi connectivity index (χ0) is 25.2. The molecule has 1 amide bonds. The molecule has 2 aromatic heterocycles. The zero-order valence-corrected chi connectivity index (χ0v) is 22.4. The first kappa shape index (κ1) is 24.6. The van der Waals surface area contributed by atoms with Crippen LogP contribution in [0.15, 0.2) is 58.7 Å². The number of halogens is 1. The van der Waals surface area contributed by atoms with Crippen molar-refractivity contribution in [2.75, 3.05) is 44.2 Å². The second kappa shape index (κ2) is 11.0. The number of piperazine rings is 1. The van der Waals surface area contributed by atoms with E-state index in [0.717, 1.165) is 67.2 Å². The third-order valence-corrected chi connectivity index (χ3v) is 8.99. The number of hydrogen-bond donors (Lipinski definition) is 0. The van der Waals surface area contributed by atoms with Gasteiger partial charge in [0.1, 0.15) is 5.03 Å². The maximum Gasteiger partial charge on any atom is 0.256 e. The molecular formula is C28H31ClN6OS. The van der Waals surface area contributed by atoms with Crippen LogP contribution in [0, 0.1) is 0 Å². The van der Waals surface area contributed by atoms with Crippen LogP contribution in [0.3, 0.4) is 0 Å². The fourth-order valence-corrected chi connectivity index (χ4v) is 6.28. The van der Waals surface area contributed by atoms with E-state index >= 15 is 0 Å². The highest BCUT2D eigenvalue weighted by molar-refractivity contribution is 7.99. The molecule has 0 radical (unpaired) electrons. The van der Waals surface area contributed by atoms with Crippen LogP contribution < -0.4 is 4.90 Å². The number of aromatic nitrogens is 3. The monoisotopic (exact) mass is 534 g/mol. The second-order valence-corrected chi connectivity index (χ2v) is 11.5. The molecular weight excluding hydrogens is 504 g/mol. The van der Waals surface area contributed by atoms with Crippen molar-refractivity contribution in [3.8, 4) is 0 Å². The number of anilines is 1. The first-order valence-electron chi connectivity index (χ1n) is 13.2. The van der Waals surface area contributed by atoms with E-state index in [0.29, 0.717) is 28.7 Å². The summed E-state index contributed by atoms with van der Waals surface area (Å²) in [6, 6.07) is 12.1. The predicted octanol–water partition coefficient (Wildman–Crippen LogP) is 4.59. The fourth-order valence-electron chi connectivity index (χ4n) is 5.28.